The van der Waals surface area contributed by atoms with E-state index in [1.807, 2.05) is 43.1 Å². The van der Waals surface area contributed by atoms with Crippen molar-refractivity contribution >= 4 is 5.97 Å². The van der Waals surface area contributed by atoms with Crippen molar-refractivity contribution in [3.63, 3.8) is 0 Å². The minimum absolute atomic E-state index is 0.0473. The number of benzene rings is 1. The highest BCUT2D eigenvalue weighted by atomic mass is 16.5. The molecule has 0 aliphatic carbocycles. The maximum absolute atomic E-state index is 10.8. The van der Waals surface area contributed by atoms with E-state index in [2.05, 4.69) is 0 Å². The fourth-order valence-electron chi connectivity index (χ4n) is 2.31. The summed E-state index contributed by atoms with van der Waals surface area (Å²) in [6, 6.07) is 7.95. The molecule has 0 saturated carbocycles. The minimum atomic E-state index is -0.802. The maximum Gasteiger partial charge on any atom is 0.317 e. The van der Waals surface area contributed by atoms with E-state index in [1.165, 1.54) is 0 Å². The van der Waals surface area contributed by atoms with Gasteiger partial charge in [0.05, 0.1) is 12.6 Å². The van der Waals surface area contributed by atoms with Gasteiger partial charge in [0.15, 0.2) is 0 Å². The summed E-state index contributed by atoms with van der Waals surface area (Å²) in [6.45, 7) is 2.06. The SMILES string of the molecule is C[C@H]1C[C@H](N(C)CC(=O)O)c2ccccc2O1. The first kappa shape index (κ1) is 11.9. The first-order valence-corrected chi connectivity index (χ1v) is 5.75. The molecule has 1 aliphatic rings. The molecule has 0 aromatic heterocycles. The second-order valence-electron chi connectivity index (χ2n) is 4.53. The number of fused-ring (bicyclic) bond motifs is 1. The molecule has 0 amide bonds. The minimum Gasteiger partial charge on any atom is -0.490 e. The Balaban J connectivity index is 2.26. The monoisotopic (exact) mass is 235 g/mol. The zero-order chi connectivity index (χ0) is 12.4. The molecular weight excluding hydrogens is 218 g/mol. The Morgan fingerprint density at radius 2 is 2.24 bits per heavy atom. The molecule has 4 heteroatoms. The predicted molar refractivity (Wildman–Crippen MR) is 64.2 cm³/mol. The molecule has 0 bridgehead atoms. The van der Waals surface area contributed by atoms with E-state index in [0.717, 1.165) is 17.7 Å². The van der Waals surface area contributed by atoms with Gasteiger partial charge in [-0.2, -0.15) is 0 Å². The van der Waals surface area contributed by atoms with Crippen molar-refractivity contribution in [1.29, 1.82) is 0 Å². The number of carbonyl (C=O) groups is 1. The molecule has 0 radical (unpaired) electrons. The predicted octanol–water partition coefficient (Wildman–Crippen LogP) is 1.92. The average molecular weight is 235 g/mol. The van der Waals surface area contributed by atoms with Crippen LogP contribution in [0.4, 0.5) is 0 Å². The van der Waals surface area contributed by atoms with Gasteiger partial charge in [-0.05, 0) is 20.0 Å². The molecule has 4 nitrogen and oxygen atoms in total. The lowest BCUT2D eigenvalue weighted by atomic mass is 9.96. The van der Waals surface area contributed by atoms with Gasteiger partial charge >= 0.3 is 5.97 Å². The van der Waals surface area contributed by atoms with E-state index in [1.54, 1.807) is 0 Å². The van der Waals surface area contributed by atoms with E-state index < -0.39 is 5.97 Å². The fraction of sp³-hybridized carbons (Fsp3) is 0.462. The lowest BCUT2D eigenvalue weighted by Crippen LogP contribution is -2.35. The Labute approximate surface area is 101 Å². The zero-order valence-electron chi connectivity index (χ0n) is 10.1. The number of nitrogens with zero attached hydrogens (tertiary/aromatic N) is 1. The van der Waals surface area contributed by atoms with Crippen molar-refractivity contribution in [1.82, 2.24) is 4.90 Å². The van der Waals surface area contributed by atoms with Crippen LogP contribution in [0.25, 0.3) is 0 Å². The van der Waals surface area contributed by atoms with Crippen LogP contribution >= 0.6 is 0 Å². The van der Waals surface area contributed by atoms with E-state index >= 15 is 0 Å². The molecule has 2 atom stereocenters. The van der Waals surface area contributed by atoms with Crippen LogP contribution in [0, 0.1) is 0 Å². The van der Waals surface area contributed by atoms with E-state index in [-0.39, 0.29) is 18.7 Å². The molecule has 1 heterocycles. The largest absolute Gasteiger partial charge is 0.490 e. The van der Waals surface area contributed by atoms with Gasteiger partial charge in [-0.1, -0.05) is 18.2 Å². The fourth-order valence-corrected chi connectivity index (χ4v) is 2.31. The molecule has 92 valence electrons. The Kier molecular flexibility index (Phi) is 3.33. The third-order valence-electron chi connectivity index (χ3n) is 3.08. The number of carboxylic acids is 1. The number of rotatable bonds is 3. The summed E-state index contributed by atoms with van der Waals surface area (Å²) in [5, 5.41) is 8.86. The van der Waals surface area contributed by atoms with E-state index in [9.17, 15) is 4.79 Å². The van der Waals surface area contributed by atoms with Crippen LogP contribution in [0.3, 0.4) is 0 Å². The van der Waals surface area contributed by atoms with Crippen molar-refractivity contribution in [2.45, 2.75) is 25.5 Å². The van der Waals surface area contributed by atoms with Crippen molar-refractivity contribution < 1.29 is 14.6 Å². The Morgan fingerprint density at radius 1 is 1.53 bits per heavy atom. The van der Waals surface area contributed by atoms with Crippen molar-refractivity contribution in [2.75, 3.05) is 13.6 Å². The highest BCUT2D eigenvalue weighted by molar-refractivity contribution is 5.69. The Bertz CT molecular complexity index is 419. The van der Waals surface area contributed by atoms with Crippen LogP contribution in [0.15, 0.2) is 24.3 Å². The van der Waals surface area contributed by atoms with Gasteiger partial charge in [0.1, 0.15) is 5.75 Å². The van der Waals surface area contributed by atoms with Crippen molar-refractivity contribution in [2.24, 2.45) is 0 Å². The second-order valence-corrected chi connectivity index (χ2v) is 4.53. The van der Waals surface area contributed by atoms with Crippen LogP contribution in [0.2, 0.25) is 0 Å². The molecule has 1 aromatic rings. The van der Waals surface area contributed by atoms with Crippen LogP contribution in [0.5, 0.6) is 5.75 Å². The second kappa shape index (κ2) is 4.75. The number of aliphatic carboxylic acids is 1. The number of para-hydroxylation sites is 1. The molecule has 1 aromatic carbocycles. The number of likely N-dealkylation sites (N-methyl/N-ethyl adjacent to an activating group) is 1. The van der Waals surface area contributed by atoms with Crippen LogP contribution in [0.1, 0.15) is 24.9 Å². The molecule has 17 heavy (non-hydrogen) atoms. The summed E-state index contributed by atoms with van der Waals surface area (Å²) in [5.74, 6) is 0.0672. The molecule has 1 N–H and O–H groups in total. The molecule has 0 fully saturated rings. The van der Waals surface area contributed by atoms with Crippen LogP contribution in [-0.2, 0) is 4.79 Å². The first-order valence-electron chi connectivity index (χ1n) is 5.75. The average Bonchev–Trinajstić information content (AvgIpc) is 2.26. The number of ether oxygens (including phenoxy) is 1. The van der Waals surface area contributed by atoms with E-state index in [4.69, 9.17) is 9.84 Å². The summed E-state index contributed by atoms with van der Waals surface area (Å²) in [5.41, 5.74) is 1.08. The smallest absolute Gasteiger partial charge is 0.317 e. The lowest BCUT2D eigenvalue weighted by molar-refractivity contribution is -0.138. The summed E-state index contributed by atoms with van der Waals surface area (Å²) in [6.07, 6.45) is 0.937. The van der Waals surface area contributed by atoms with Crippen LogP contribution in [-0.4, -0.2) is 35.7 Å². The van der Waals surface area contributed by atoms with Crippen molar-refractivity contribution in [3.05, 3.63) is 29.8 Å². The third-order valence-corrected chi connectivity index (χ3v) is 3.08. The number of hydrogen-bond donors (Lipinski definition) is 1. The Morgan fingerprint density at radius 3 is 2.94 bits per heavy atom. The molecular formula is C13H17NO3. The van der Waals surface area contributed by atoms with Gasteiger partial charge in [0.2, 0.25) is 0 Å². The van der Waals surface area contributed by atoms with Gasteiger partial charge in [-0.15, -0.1) is 0 Å². The maximum atomic E-state index is 10.8. The zero-order valence-corrected chi connectivity index (χ0v) is 10.1. The molecule has 2 rings (SSSR count). The van der Waals surface area contributed by atoms with Gasteiger partial charge in [0.25, 0.3) is 0 Å². The van der Waals surface area contributed by atoms with Crippen molar-refractivity contribution in [3.8, 4) is 5.75 Å². The summed E-state index contributed by atoms with van der Waals surface area (Å²) < 4.78 is 5.74. The van der Waals surface area contributed by atoms with E-state index in [0.29, 0.717) is 0 Å². The normalized spacial score (nSPS) is 23.0. The van der Waals surface area contributed by atoms with Gasteiger partial charge in [-0.3, -0.25) is 9.69 Å². The molecule has 1 aliphatic heterocycles. The van der Waals surface area contributed by atoms with Crippen LogP contribution < -0.4 is 4.74 Å². The molecule has 0 saturated heterocycles. The summed E-state index contributed by atoms with van der Waals surface area (Å²) in [7, 11) is 1.84. The first-order chi connectivity index (χ1) is 8.08. The Hall–Kier alpha value is -1.55. The topological polar surface area (TPSA) is 49.8 Å². The van der Waals surface area contributed by atoms with Gasteiger partial charge < -0.3 is 9.84 Å². The summed E-state index contributed by atoms with van der Waals surface area (Å²) in [4.78, 5) is 12.6. The molecule has 0 spiro atoms. The lowest BCUT2D eigenvalue weighted by Gasteiger charge is -2.35. The van der Waals surface area contributed by atoms with Gasteiger partial charge in [-0.25, -0.2) is 0 Å². The highest BCUT2D eigenvalue weighted by Crippen LogP contribution is 2.37. The number of carboxylic acid groups (broad SMARTS) is 1. The highest BCUT2D eigenvalue weighted by Gasteiger charge is 2.29. The molecule has 0 unspecified atom stereocenters. The summed E-state index contributed by atoms with van der Waals surface area (Å²) >= 11 is 0. The van der Waals surface area contributed by atoms with Gasteiger partial charge in [0, 0.05) is 18.0 Å². The quantitative estimate of drug-likeness (QED) is 0.869. The standard InChI is InChI=1S/C13H17NO3/c1-9-7-11(14(2)8-13(15)16)10-5-3-4-6-12(10)17-9/h3-6,9,11H,7-8H2,1-2H3,(H,15,16)/t9-,11-/m0/s1. The third kappa shape index (κ3) is 2.58. The number of hydrogen-bond acceptors (Lipinski definition) is 3.